The first-order valence-electron chi connectivity index (χ1n) is 16.5. The summed E-state index contributed by atoms with van der Waals surface area (Å²) in [6.07, 6.45) is 9.45. The van der Waals surface area contributed by atoms with E-state index in [1.807, 2.05) is 12.1 Å². The minimum Gasteiger partial charge on any atom is -0.456 e. The first-order valence-corrected chi connectivity index (χ1v) is 16.5. The van der Waals surface area contributed by atoms with Crippen LogP contribution in [0.5, 0.6) is 0 Å². The Bertz CT molecular complexity index is 2770. The number of allylic oxidation sites excluding steroid dienone is 5. The average Bonchev–Trinajstić information content (AvgIpc) is 3.51. The van der Waals surface area contributed by atoms with Crippen LogP contribution >= 0.6 is 0 Å². The molecule has 0 atom stereocenters. The third kappa shape index (κ3) is 4.80. The van der Waals surface area contributed by atoms with E-state index in [0.717, 1.165) is 39.5 Å². The SMILES string of the molecule is C=C1/C=C\C=C/C/C(c2cccc(-c3ccc4oc5ccccc5c4c3)c2)=c2/cccc/c2=C/1c1ccc2ccc3ccccc3c2c1. The highest BCUT2D eigenvalue weighted by Crippen LogP contribution is 2.34. The molecule has 0 radical (unpaired) electrons. The molecule has 1 heterocycles. The fourth-order valence-corrected chi connectivity index (χ4v) is 7.33. The van der Waals surface area contributed by atoms with Gasteiger partial charge in [-0.1, -0.05) is 146 Å². The predicted octanol–water partition coefficient (Wildman–Crippen LogP) is 11.0. The Kier molecular flexibility index (Phi) is 6.76. The molecule has 1 heteroatoms. The van der Waals surface area contributed by atoms with Gasteiger partial charge in [0.25, 0.3) is 0 Å². The van der Waals surface area contributed by atoms with Gasteiger partial charge in [-0.05, 0) is 108 Å². The highest BCUT2D eigenvalue weighted by molar-refractivity contribution is 6.09. The predicted molar refractivity (Wildman–Crippen MR) is 203 cm³/mol. The Morgan fingerprint density at radius 2 is 1.12 bits per heavy atom. The molecule has 226 valence electrons. The number of fused-ring (bicyclic) bond motifs is 7. The number of hydrogen-bond donors (Lipinski definition) is 0. The lowest BCUT2D eigenvalue weighted by atomic mass is 9.89. The van der Waals surface area contributed by atoms with Crippen molar-refractivity contribution in [1.82, 2.24) is 0 Å². The van der Waals surface area contributed by atoms with Crippen molar-refractivity contribution < 1.29 is 4.42 Å². The first-order chi connectivity index (χ1) is 23.7. The molecular weight excluding hydrogens is 581 g/mol. The van der Waals surface area contributed by atoms with E-state index in [2.05, 4.69) is 164 Å². The van der Waals surface area contributed by atoms with Gasteiger partial charge in [0.2, 0.25) is 0 Å². The summed E-state index contributed by atoms with van der Waals surface area (Å²) < 4.78 is 6.12. The molecule has 0 aliphatic heterocycles. The van der Waals surface area contributed by atoms with Gasteiger partial charge in [-0.15, -0.1) is 0 Å². The summed E-state index contributed by atoms with van der Waals surface area (Å²) in [5.41, 5.74) is 9.98. The largest absolute Gasteiger partial charge is 0.456 e. The van der Waals surface area contributed by atoms with E-state index in [1.54, 1.807) is 0 Å². The van der Waals surface area contributed by atoms with Crippen molar-refractivity contribution in [3.05, 3.63) is 204 Å². The van der Waals surface area contributed by atoms with Gasteiger partial charge < -0.3 is 4.42 Å². The summed E-state index contributed by atoms with van der Waals surface area (Å²) in [5.74, 6) is 0. The van der Waals surface area contributed by atoms with Crippen LogP contribution in [0.4, 0.5) is 0 Å². The second kappa shape index (κ2) is 11.6. The highest BCUT2D eigenvalue weighted by atomic mass is 16.3. The van der Waals surface area contributed by atoms with E-state index in [0.29, 0.717) is 0 Å². The number of rotatable bonds is 3. The lowest BCUT2D eigenvalue weighted by Crippen LogP contribution is -2.30. The maximum atomic E-state index is 6.12. The lowest BCUT2D eigenvalue weighted by molar-refractivity contribution is 0.669. The Hall–Kier alpha value is -6.18. The van der Waals surface area contributed by atoms with Crippen molar-refractivity contribution >= 4 is 54.6 Å². The van der Waals surface area contributed by atoms with Crippen LogP contribution in [0.1, 0.15) is 17.5 Å². The Labute approximate surface area is 279 Å². The zero-order chi connectivity index (χ0) is 32.0. The van der Waals surface area contributed by atoms with Crippen LogP contribution in [0, 0.1) is 0 Å². The second-order valence-corrected chi connectivity index (χ2v) is 12.5. The molecule has 0 spiro atoms. The minimum atomic E-state index is 0.804. The lowest BCUT2D eigenvalue weighted by Gasteiger charge is -2.15. The fraction of sp³-hybridized carbons (Fsp3) is 0.0213. The average molecular weight is 613 g/mol. The van der Waals surface area contributed by atoms with Gasteiger partial charge in [0.05, 0.1) is 0 Å². The minimum absolute atomic E-state index is 0.804. The molecular formula is C47H32O. The summed E-state index contributed by atoms with van der Waals surface area (Å²) in [6.45, 7) is 4.61. The van der Waals surface area contributed by atoms with Crippen molar-refractivity contribution in [3.63, 3.8) is 0 Å². The van der Waals surface area contributed by atoms with Crippen LogP contribution < -0.4 is 10.4 Å². The highest BCUT2D eigenvalue weighted by Gasteiger charge is 2.13. The van der Waals surface area contributed by atoms with Gasteiger partial charge in [0, 0.05) is 10.8 Å². The molecule has 1 aliphatic carbocycles. The van der Waals surface area contributed by atoms with Crippen molar-refractivity contribution in [2.24, 2.45) is 0 Å². The fourth-order valence-electron chi connectivity index (χ4n) is 7.33. The number of furan rings is 1. The number of para-hydroxylation sites is 1. The Morgan fingerprint density at radius 3 is 2.04 bits per heavy atom. The van der Waals surface area contributed by atoms with E-state index in [9.17, 15) is 0 Å². The van der Waals surface area contributed by atoms with Gasteiger partial charge in [-0.2, -0.15) is 0 Å². The molecule has 0 bridgehead atoms. The van der Waals surface area contributed by atoms with Crippen molar-refractivity contribution in [2.45, 2.75) is 6.42 Å². The summed E-state index contributed by atoms with van der Waals surface area (Å²) in [7, 11) is 0. The molecule has 1 aliphatic rings. The summed E-state index contributed by atoms with van der Waals surface area (Å²) in [6, 6.07) is 52.5. The van der Waals surface area contributed by atoms with E-state index in [4.69, 9.17) is 4.42 Å². The molecule has 0 unspecified atom stereocenters. The van der Waals surface area contributed by atoms with Crippen LogP contribution in [0.3, 0.4) is 0 Å². The smallest absolute Gasteiger partial charge is 0.135 e. The maximum Gasteiger partial charge on any atom is 0.135 e. The molecule has 0 saturated heterocycles. The molecule has 48 heavy (non-hydrogen) atoms. The molecule has 1 nitrogen and oxygen atoms in total. The molecule has 0 saturated carbocycles. The summed E-state index contributed by atoms with van der Waals surface area (Å²) in [5, 5.41) is 9.70. The van der Waals surface area contributed by atoms with Crippen LogP contribution in [-0.4, -0.2) is 0 Å². The van der Waals surface area contributed by atoms with Crippen LogP contribution in [0.15, 0.2) is 186 Å². The third-order valence-electron chi connectivity index (χ3n) is 9.67. The van der Waals surface area contributed by atoms with Crippen LogP contribution in [-0.2, 0) is 0 Å². The topological polar surface area (TPSA) is 13.1 Å². The summed E-state index contributed by atoms with van der Waals surface area (Å²) >= 11 is 0. The molecule has 8 aromatic rings. The van der Waals surface area contributed by atoms with Gasteiger partial charge in [0.1, 0.15) is 11.2 Å². The van der Waals surface area contributed by atoms with E-state index >= 15 is 0 Å². The molecule has 9 rings (SSSR count). The van der Waals surface area contributed by atoms with Gasteiger partial charge >= 0.3 is 0 Å². The van der Waals surface area contributed by atoms with Crippen molar-refractivity contribution in [2.75, 3.05) is 0 Å². The van der Waals surface area contributed by atoms with E-state index in [-0.39, 0.29) is 0 Å². The normalized spacial score (nSPS) is 17.1. The first kappa shape index (κ1) is 28.1. The maximum absolute atomic E-state index is 6.12. The van der Waals surface area contributed by atoms with Crippen molar-refractivity contribution in [3.8, 4) is 11.1 Å². The van der Waals surface area contributed by atoms with E-state index < -0.39 is 0 Å². The molecule has 0 amide bonds. The molecule has 0 fully saturated rings. The van der Waals surface area contributed by atoms with Gasteiger partial charge in [-0.25, -0.2) is 0 Å². The molecule has 0 N–H and O–H groups in total. The van der Waals surface area contributed by atoms with Gasteiger partial charge in [0.15, 0.2) is 0 Å². The Morgan fingerprint density at radius 1 is 0.458 bits per heavy atom. The zero-order valence-corrected chi connectivity index (χ0v) is 26.5. The molecule has 7 aromatic carbocycles. The number of benzene rings is 7. The number of hydrogen-bond acceptors (Lipinski definition) is 1. The second-order valence-electron chi connectivity index (χ2n) is 12.5. The van der Waals surface area contributed by atoms with Crippen molar-refractivity contribution in [1.29, 1.82) is 0 Å². The quantitative estimate of drug-likeness (QED) is 0.181. The monoisotopic (exact) mass is 612 g/mol. The van der Waals surface area contributed by atoms with Crippen LogP contribution in [0.2, 0.25) is 0 Å². The van der Waals surface area contributed by atoms with Crippen LogP contribution in [0.25, 0.3) is 65.8 Å². The summed E-state index contributed by atoms with van der Waals surface area (Å²) in [4.78, 5) is 0. The van der Waals surface area contributed by atoms with Gasteiger partial charge in [-0.3, -0.25) is 0 Å². The zero-order valence-electron chi connectivity index (χ0n) is 26.5. The molecule has 1 aromatic heterocycles. The standard InChI is InChI=1S/C47H32O/c1-31-12-3-2-4-16-39(36-15-11-14-34(28-36)35-26-27-46-44(29-35)41-19-9-10-21-45(41)48-46)40-18-7-8-20-42(40)47(31)37-25-24-33-23-22-32-13-5-6-17-38(32)43(33)30-37/h2-15,17-30H,1,16H2/b4-2-,12-3-,40-39+,47-42+. The van der Waals surface area contributed by atoms with E-state index in [1.165, 1.54) is 59.8 Å². The third-order valence-corrected chi connectivity index (χ3v) is 9.67. The Balaban J connectivity index is 1.28.